The van der Waals surface area contributed by atoms with Gasteiger partial charge in [-0.15, -0.1) is 0 Å². The zero-order chi connectivity index (χ0) is 17.6. The Balaban J connectivity index is 1.76. The van der Waals surface area contributed by atoms with Crippen LogP contribution in [0.3, 0.4) is 0 Å². The van der Waals surface area contributed by atoms with Gasteiger partial charge in [0.2, 0.25) is 0 Å². The molecular weight excluding hydrogens is 312 g/mol. The highest BCUT2D eigenvalue weighted by molar-refractivity contribution is 5.85. The van der Waals surface area contributed by atoms with Gasteiger partial charge >= 0.3 is 5.97 Å². The molecule has 3 aromatic rings. The largest absolute Gasteiger partial charge is 0.476 e. The van der Waals surface area contributed by atoms with E-state index in [2.05, 4.69) is 41.2 Å². The van der Waals surface area contributed by atoms with Crippen LogP contribution >= 0.6 is 0 Å². The maximum atomic E-state index is 10.8. The van der Waals surface area contributed by atoms with Gasteiger partial charge in [-0.2, -0.15) is 0 Å². The van der Waals surface area contributed by atoms with Gasteiger partial charge in [-0.3, -0.25) is 4.98 Å². The number of nitrogens with zero attached hydrogens (tertiary/aromatic N) is 2. The molecule has 1 heterocycles. The van der Waals surface area contributed by atoms with Crippen molar-refractivity contribution in [2.75, 3.05) is 0 Å². The molecule has 4 heteroatoms. The molecule has 25 heavy (non-hydrogen) atoms. The molecule has 0 aliphatic heterocycles. The molecule has 0 aliphatic rings. The molecule has 0 atom stereocenters. The zero-order valence-electron chi connectivity index (χ0n) is 14.1. The van der Waals surface area contributed by atoms with E-state index in [0.717, 1.165) is 17.5 Å². The van der Waals surface area contributed by atoms with E-state index in [9.17, 15) is 4.79 Å². The molecule has 0 amide bonds. The lowest BCUT2D eigenvalue weighted by Crippen LogP contribution is -2.01. The summed E-state index contributed by atoms with van der Waals surface area (Å²) in [5.74, 6) is -1.07. The molecule has 2 aromatic carbocycles. The summed E-state index contributed by atoms with van der Waals surface area (Å²) < 4.78 is 0. The summed E-state index contributed by atoms with van der Waals surface area (Å²) in [5, 5.41) is 8.87. The molecule has 0 saturated heterocycles. The number of hydrogen-bond acceptors (Lipinski definition) is 3. The van der Waals surface area contributed by atoms with Crippen LogP contribution in [0.15, 0.2) is 60.9 Å². The van der Waals surface area contributed by atoms with Gasteiger partial charge in [0, 0.05) is 5.56 Å². The summed E-state index contributed by atoms with van der Waals surface area (Å²) in [6.45, 7) is 2.20. The molecule has 0 aliphatic carbocycles. The molecule has 3 rings (SSSR count). The fraction of sp³-hybridized carbons (Fsp3) is 0.190. The summed E-state index contributed by atoms with van der Waals surface area (Å²) in [6, 6.07) is 16.7. The number of aromatic carboxylic acids is 1. The molecule has 0 fully saturated rings. The number of aryl methyl sites for hydroxylation is 1. The van der Waals surface area contributed by atoms with Crippen LogP contribution in [-0.4, -0.2) is 21.0 Å². The van der Waals surface area contributed by atoms with Crippen molar-refractivity contribution in [3.05, 3.63) is 72.2 Å². The zero-order valence-corrected chi connectivity index (χ0v) is 14.1. The summed E-state index contributed by atoms with van der Waals surface area (Å²) in [5.41, 5.74) is 5.21. The van der Waals surface area contributed by atoms with E-state index in [-0.39, 0.29) is 5.69 Å². The fourth-order valence-corrected chi connectivity index (χ4v) is 2.67. The molecule has 1 aromatic heterocycles. The van der Waals surface area contributed by atoms with Crippen LogP contribution in [0.4, 0.5) is 0 Å². The van der Waals surface area contributed by atoms with Gasteiger partial charge in [-0.1, -0.05) is 61.9 Å². The Bertz CT molecular complexity index is 839. The van der Waals surface area contributed by atoms with Crippen molar-refractivity contribution in [1.82, 2.24) is 9.97 Å². The quantitative estimate of drug-likeness (QED) is 0.701. The van der Waals surface area contributed by atoms with Gasteiger partial charge in [0.25, 0.3) is 0 Å². The first-order chi connectivity index (χ1) is 12.2. The molecule has 0 unspecified atom stereocenters. The number of hydrogen-bond donors (Lipinski definition) is 1. The van der Waals surface area contributed by atoms with Crippen molar-refractivity contribution < 1.29 is 9.90 Å². The first kappa shape index (κ1) is 16.8. The number of carboxylic acids is 1. The molecule has 1 N–H and O–H groups in total. The van der Waals surface area contributed by atoms with Crippen LogP contribution in [0.1, 0.15) is 35.8 Å². The first-order valence-electron chi connectivity index (χ1n) is 8.42. The van der Waals surface area contributed by atoms with Crippen molar-refractivity contribution in [3.63, 3.8) is 0 Å². The standard InChI is InChI=1S/C21H20N2O2/c1-2-3-4-15-5-7-16(8-6-15)17-9-11-18(12-10-17)19-13-23-20(14-22-19)21(24)25/h5-14H,2-4H2,1H3,(H,24,25). The van der Waals surface area contributed by atoms with E-state index in [4.69, 9.17) is 5.11 Å². The Morgan fingerprint density at radius 3 is 2.00 bits per heavy atom. The summed E-state index contributed by atoms with van der Waals surface area (Å²) in [4.78, 5) is 18.9. The number of carbonyl (C=O) groups is 1. The van der Waals surface area contributed by atoms with Crippen LogP contribution < -0.4 is 0 Å². The van der Waals surface area contributed by atoms with Crippen molar-refractivity contribution in [3.8, 4) is 22.4 Å². The van der Waals surface area contributed by atoms with Gasteiger partial charge in [0.15, 0.2) is 5.69 Å². The molecule has 126 valence electrons. The lowest BCUT2D eigenvalue weighted by Gasteiger charge is -2.06. The van der Waals surface area contributed by atoms with Crippen molar-refractivity contribution in [2.24, 2.45) is 0 Å². The van der Waals surface area contributed by atoms with Crippen molar-refractivity contribution >= 4 is 5.97 Å². The minimum absolute atomic E-state index is 0.0523. The predicted molar refractivity (Wildman–Crippen MR) is 98.5 cm³/mol. The molecular formula is C21H20N2O2. The predicted octanol–water partition coefficient (Wildman–Crippen LogP) is 4.85. The van der Waals surface area contributed by atoms with Crippen LogP contribution in [0.5, 0.6) is 0 Å². The van der Waals surface area contributed by atoms with Gasteiger partial charge in [-0.05, 0) is 29.5 Å². The van der Waals surface area contributed by atoms with Gasteiger partial charge < -0.3 is 5.11 Å². The normalized spacial score (nSPS) is 10.6. The number of aromatic nitrogens is 2. The minimum atomic E-state index is -1.07. The van der Waals surface area contributed by atoms with Gasteiger partial charge in [0.1, 0.15) is 0 Å². The number of rotatable bonds is 6. The highest BCUT2D eigenvalue weighted by atomic mass is 16.4. The second-order valence-electron chi connectivity index (χ2n) is 5.97. The summed E-state index contributed by atoms with van der Waals surface area (Å²) in [7, 11) is 0. The third-order valence-electron chi connectivity index (χ3n) is 4.16. The van der Waals surface area contributed by atoms with Crippen LogP contribution in [0.2, 0.25) is 0 Å². The van der Waals surface area contributed by atoms with E-state index in [0.29, 0.717) is 5.69 Å². The Labute approximate surface area is 147 Å². The lowest BCUT2D eigenvalue weighted by atomic mass is 10.0. The monoisotopic (exact) mass is 332 g/mol. The Morgan fingerprint density at radius 1 is 0.880 bits per heavy atom. The van der Waals surface area contributed by atoms with E-state index < -0.39 is 5.97 Å². The fourth-order valence-electron chi connectivity index (χ4n) is 2.67. The van der Waals surface area contributed by atoms with Gasteiger partial charge in [0.05, 0.1) is 18.1 Å². The number of unbranched alkanes of at least 4 members (excludes halogenated alkanes) is 1. The Morgan fingerprint density at radius 2 is 1.48 bits per heavy atom. The number of benzene rings is 2. The first-order valence-corrected chi connectivity index (χ1v) is 8.42. The minimum Gasteiger partial charge on any atom is -0.476 e. The molecule has 0 bridgehead atoms. The second-order valence-corrected chi connectivity index (χ2v) is 5.97. The summed E-state index contributed by atoms with van der Waals surface area (Å²) in [6.07, 6.45) is 6.32. The SMILES string of the molecule is CCCCc1ccc(-c2ccc(-c3cnc(C(=O)O)cn3)cc2)cc1. The average molecular weight is 332 g/mol. The van der Waals surface area contributed by atoms with Gasteiger partial charge in [-0.25, -0.2) is 9.78 Å². The lowest BCUT2D eigenvalue weighted by molar-refractivity contribution is 0.0690. The smallest absolute Gasteiger partial charge is 0.356 e. The van der Waals surface area contributed by atoms with Crippen LogP contribution in [0, 0.1) is 0 Å². The molecule has 4 nitrogen and oxygen atoms in total. The third kappa shape index (κ3) is 4.10. The number of carboxylic acid groups (broad SMARTS) is 1. The topological polar surface area (TPSA) is 63.1 Å². The maximum absolute atomic E-state index is 10.8. The van der Waals surface area contributed by atoms with E-state index in [1.165, 1.54) is 36.4 Å². The Kier molecular flexibility index (Phi) is 5.19. The van der Waals surface area contributed by atoms with Crippen LogP contribution in [-0.2, 0) is 6.42 Å². The van der Waals surface area contributed by atoms with Crippen molar-refractivity contribution in [2.45, 2.75) is 26.2 Å². The third-order valence-corrected chi connectivity index (χ3v) is 4.16. The highest BCUT2D eigenvalue weighted by Gasteiger charge is 2.06. The maximum Gasteiger partial charge on any atom is 0.356 e. The van der Waals surface area contributed by atoms with Crippen molar-refractivity contribution in [1.29, 1.82) is 0 Å². The second kappa shape index (κ2) is 7.71. The van der Waals surface area contributed by atoms with E-state index in [1.54, 1.807) is 0 Å². The molecule has 0 saturated carbocycles. The Hall–Kier alpha value is -3.01. The highest BCUT2D eigenvalue weighted by Crippen LogP contribution is 2.24. The average Bonchev–Trinajstić information content (AvgIpc) is 2.67. The van der Waals surface area contributed by atoms with E-state index in [1.807, 2.05) is 24.3 Å². The molecule has 0 radical (unpaired) electrons. The van der Waals surface area contributed by atoms with E-state index >= 15 is 0 Å². The van der Waals surface area contributed by atoms with Crippen LogP contribution in [0.25, 0.3) is 22.4 Å². The summed E-state index contributed by atoms with van der Waals surface area (Å²) >= 11 is 0. The molecule has 0 spiro atoms.